The van der Waals surface area contributed by atoms with E-state index in [1.165, 1.54) is 12.1 Å². The van der Waals surface area contributed by atoms with Crippen LogP contribution in [0.2, 0.25) is 0 Å². The molecule has 110 valence electrons. The van der Waals surface area contributed by atoms with E-state index in [1.807, 2.05) is 7.05 Å². The van der Waals surface area contributed by atoms with E-state index in [2.05, 4.69) is 24.1 Å². The number of aromatic carboxylic acids is 1. The van der Waals surface area contributed by atoms with Gasteiger partial charge in [0, 0.05) is 12.6 Å². The second-order valence-corrected chi connectivity index (χ2v) is 5.03. The van der Waals surface area contributed by atoms with Crippen molar-refractivity contribution >= 4 is 11.9 Å². The first-order valence-electron chi connectivity index (χ1n) is 6.74. The van der Waals surface area contributed by atoms with E-state index < -0.39 is 5.97 Å². The molecule has 20 heavy (non-hydrogen) atoms. The number of nitrogens with zero attached hydrogens (tertiary/aromatic N) is 1. The molecule has 5 nitrogen and oxygen atoms in total. The second-order valence-electron chi connectivity index (χ2n) is 5.03. The molecule has 0 saturated heterocycles. The third-order valence-corrected chi connectivity index (χ3v) is 3.26. The monoisotopic (exact) mass is 278 g/mol. The summed E-state index contributed by atoms with van der Waals surface area (Å²) in [6.07, 6.45) is 0.829. The minimum absolute atomic E-state index is 0.0318. The number of hydrogen-bond donors (Lipinski definition) is 2. The predicted molar refractivity (Wildman–Crippen MR) is 78.1 cm³/mol. The van der Waals surface area contributed by atoms with Crippen molar-refractivity contribution in [3.63, 3.8) is 0 Å². The van der Waals surface area contributed by atoms with Crippen molar-refractivity contribution in [3.05, 3.63) is 35.4 Å². The van der Waals surface area contributed by atoms with Crippen LogP contribution < -0.4 is 5.32 Å². The first kappa shape index (κ1) is 16.2. The minimum Gasteiger partial charge on any atom is -0.478 e. The molecule has 0 heterocycles. The molecule has 0 aliphatic heterocycles. The van der Waals surface area contributed by atoms with Gasteiger partial charge in [0.1, 0.15) is 0 Å². The van der Waals surface area contributed by atoms with Crippen LogP contribution in [0.4, 0.5) is 0 Å². The molecule has 0 bridgehead atoms. The number of hydrogen-bond acceptors (Lipinski definition) is 3. The van der Waals surface area contributed by atoms with E-state index in [4.69, 9.17) is 5.11 Å². The Balaban J connectivity index is 2.50. The number of carbonyl (C=O) groups is 2. The third kappa shape index (κ3) is 4.66. The third-order valence-electron chi connectivity index (χ3n) is 3.26. The predicted octanol–water partition coefficient (Wildman–Crippen LogP) is 1.84. The average Bonchev–Trinajstić information content (AvgIpc) is 2.42. The van der Waals surface area contributed by atoms with Crippen LogP contribution in [0.25, 0.3) is 0 Å². The van der Waals surface area contributed by atoms with Gasteiger partial charge in [-0.05, 0) is 46.0 Å². The molecule has 1 rings (SSSR count). The lowest BCUT2D eigenvalue weighted by Crippen LogP contribution is -2.31. The Morgan fingerprint density at radius 3 is 2.40 bits per heavy atom. The van der Waals surface area contributed by atoms with Gasteiger partial charge in [0.2, 0.25) is 0 Å². The van der Waals surface area contributed by atoms with Crippen molar-refractivity contribution < 1.29 is 14.7 Å². The highest BCUT2D eigenvalue weighted by molar-refractivity contribution is 6.04. The van der Waals surface area contributed by atoms with Gasteiger partial charge in [-0.1, -0.05) is 12.1 Å². The van der Waals surface area contributed by atoms with Crippen LogP contribution in [-0.4, -0.2) is 48.1 Å². The van der Waals surface area contributed by atoms with Crippen LogP contribution in [-0.2, 0) is 0 Å². The summed E-state index contributed by atoms with van der Waals surface area (Å²) in [6.45, 7) is 5.64. The van der Waals surface area contributed by atoms with Gasteiger partial charge in [-0.15, -0.1) is 0 Å². The summed E-state index contributed by atoms with van der Waals surface area (Å²) in [6, 6.07) is 6.70. The number of amides is 1. The van der Waals surface area contributed by atoms with Gasteiger partial charge < -0.3 is 15.3 Å². The summed E-state index contributed by atoms with van der Waals surface area (Å²) >= 11 is 0. The summed E-state index contributed by atoms with van der Waals surface area (Å²) in [5.41, 5.74) is 0.238. The number of rotatable bonds is 7. The quantitative estimate of drug-likeness (QED) is 0.747. The Bertz CT molecular complexity index is 472. The van der Waals surface area contributed by atoms with Gasteiger partial charge in [-0.2, -0.15) is 0 Å². The van der Waals surface area contributed by atoms with E-state index in [1.54, 1.807) is 12.1 Å². The summed E-state index contributed by atoms with van der Waals surface area (Å²) in [4.78, 5) is 25.2. The molecule has 1 aromatic carbocycles. The van der Waals surface area contributed by atoms with Crippen LogP contribution in [0, 0.1) is 0 Å². The molecule has 2 N–H and O–H groups in total. The zero-order valence-corrected chi connectivity index (χ0v) is 12.2. The number of nitrogens with one attached hydrogen (secondary N) is 1. The summed E-state index contributed by atoms with van der Waals surface area (Å²) in [5.74, 6) is -1.43. The molecule has 0 radical (unpaired) electrons. The van der Waals surface area contributed by atoms with Gasteiger partial charge in [-0.3, -0.25) is 4.79 Å². The maximum absolute atomic E-state index is 12.0. The second kappa shape index (κ2) is 7.65. The molecular weight excluding hydrogens is 256 g/mol. The lowest BCUT2D eigenvalue weighted by atomic mass is 10.1. The highest BCUT2D eigenvalue weighted by atomic mass is 16.4. The average molecular weight is 278 g/mol. The Morgan fingerprint density at radius 1 is 1.25 bits per heavy atom. The van der Waals surface area contributed by atoms with Crippen LogP contribution in [0.3, 0.4) is 0 Å². The molecule has 5 heteroatoms. The molecule has 0 fully saturated rings. The van der Waals surface area contributed by atoms with E-state index in [0.717, 1.165) is 13.0 Å². The zero-order valence-electron chi connectivity index (χ0n) is 12.2. The van der Waals surface area contributed by atoms with Crippen molar-refractivity contribution in [2.75, 3.05) is 20.1 Å². The highest BCUT2D eigenvalue weighted by Crippen LogP contribution is 2.08. The number of carboxylic acids is 1. The van der Waals surface area contributed by atoms with Gasteiger partial charge in [0.25, 0.3) is 5.91 Å². The van der Waals surface area contributed by atoms with E-state index in [0.29, 0.717) is 12.6 Å². The van der Waals surface area contributed by atoms with Crippen LogP contribution in [0.5, 0.6) is 0 Å². The molecule has 0 spiro atoms. The fourth-order valence-corrected chi connectivity index (χ4v) is 1.75. The fraction of sp³-hybridized carbons (Fsp3) is 0.467. The lowest BCUT2D eigenvalue weighted by molar-refractivity contribution is 0.0691. The van der Waals surface area contributed by atoms with Crippen LogP contribution in [0.1, 0.15) is 41.0 Å². The standard InChI is InChI=1S/C15H22N2O3/c1-11(2)17(3)10-6-9-16-14(18)12-7-4-5-8-13(12)15(19)20/h4-5,7-8,11H,6,9-10H2,1-3H3,(H,16,18)(H,19,20). The molecular formula is C15H22N2O3. The molecule has 1 amide bonds. The maximum Gasteiger partial charge on any atom is 0.336 e. The first-order chi connectivity index (χ1) is 9.43. The molecule has 0 aromatic heterocycles. The normalized spacial score (nSPS) is 10.8. The Kier molecular flexibility index (Phi) is 6.18. The van der Waals surface area contributed by atoms with Crippen molar-refractivity contribution in [1.82, 2.24) is 10.2 Å². The van der Waals surface area contributed by atoms with E-state index >= 15 is 0 Å². The van der Waals surface area contributed by atoms with Crippen LogP contribution >= 0.6 is 0 Å². The molecule has 0 aliphatic rings. The minimum atomic E-state index is -1.09. The summed E-state index contributed by atoms with van der Waals surface area (Å²) < 4.78 is 0. The molecule has 0 saturated carbocycles. The lowest BCUT2D eigenvalue weighted by Gasteiger charge is -2.20. The Hall–Kier alpha value is -1.88. The molecule has 1 aromatic rings. The van der Waals surface area contributed by atoms with Crippen LogP contribution in [0.15, 0.2) is 24.3 Å². The van der Waals surface area contributed by atoms with E-state index in [-0.39, 0.29) is 17.0 Å². The van der Waals surface area contributed by atoms with Crippen molar-refractivity contribution in [1.29, 1.82) is 0 Å². The SMILES string of the molecule is CC(C)N(C)CCCNC(=O)c1ccccc1C(=O)O. The highest BCUT2D eigenvalue weighted by Gasteiger charge is 2.15. The fourth-order valence-electron chi connectivity index (χ4n) is 1.75. The number of carboxylic acid groups (broad SMARTS) is 1. The largest absolute Gasteiger partial charge is 0.478 e. The van der Waals surface area contributed by atoms with E-state index in [9.17, 15) is 9.59 Å². The smallest absolute Gasteiger partial charge is 0.336 e. The summed E-state index contributed by atoms with van der Waals surface area (Å²) in [7, 11) is 2.03. The topological polar surface area (TPSA) is 69.6 Å². The van der Waals surface area contributed by atoms with Gasteiger partial charge in [0.15, 0.2) is 0 Å². The Labute approximate surface area is 119 Å². The first-order valence-corrected chi connectivity index (χ1v) is 6.74. The summed E-state index contributed by atoms with van der Waals surface area (Å²) in [5, 5.41) is 11.8. The maximum atomic E-state index is 12.0. The molecule has 0 aliphatic carbocycles. The van der Waals surface area contributed by atoms with Crippen molar-refractivity contribution in [2.45, 2.75) is 26.3 Å². The number of benzene rings is 1. The Morgan fingerprint density at radius 2 is 1.85 bits per heavy atom. The molecule has 0 unspecified atom stereocenters. The van der Waals surface area contributed by atoms with Gasteiger partial charge in [-0.25, -0.2) is 4.79 Å². The van der Waals surface area contributed by atoms with Gasteiger partial charge in [0.05, 0.1) is 11.1 Å². The zero-order chi connectivity index (χ0) is 15.1. The number of carbonyl (C=O) groups excluding carboxylic acids is 1. The van der Waals surface area contributed by atoms with Gasteiger partial charge >= 0.3 is 5.97 Å². The molecule has 0 atom stereocenters. The van der Waals surface area contributed by atoms with Crippen molar-refractivity contribution in [3.8, 4) is 0 Å². The van der Waals surface area contributed by atoms with Crippen molar-refractivity contribution in [2.24, 2.45) is 0 Å².